The fourth-order valence-electron chi connectivity index (χ4n) is 1.88. The normalized spacial score (nSPS) is 14.8. The summed E-state index contributed by atoms with van der Waals surface area (Å²) < 4.78 is 0.927. The first kappa shape index (κ1) is 14.3. The third kappa shape index (κ3) is 2.60. The molecule has 0 aliphatic carbocycles. The SMILES string of the molecule is CC(C)C(C)(Cc1nc2cccc(Cl)c2s1)C(=O)O. The molecule has 19 heavy (non-hydrogen) atoms. The summed E-state index contributed by atoms with van der Waals surface area (Å²) in [5.41, 5.74) is 0.0318. The lowest BCUT2D eigenvalue weighted by atomic mass is 9.76. The third-order valence-corrected chi connectivity index (χ3v) is 5.22. The van der Waals surface area contributed by atoms with Gasteiger partial charge >= 0.3 is 5.97 Å². The molecule has 1 aromatic heterocycles. The zero-order valence-electron chi connectivity index (χ0n) is 11.1. The number of benzene rings is 1. The van der Waals surface area contributed by atoms with Gasteiger partial charge in [-0.25, -0.2) is 4.98 Å². The van der Waals surface area contributed by atoms with Crippen molar-refractivity contribution in [3.05, 3.63) is 28.2 Å². The Hall–Kier alpha value is -1.13. The molecule has 0 fully saturated rings. The van der Waals surface area contributed by atoms with E-state index in [1.54, 1.807) is 6.92 Å². The number of halogens is 1. The highest BCUT2D eigenvalue weighted by atomic mass is 35.5. The molecule has 1 N–H and O–H groups in total. The Morgan fingerprint density at radius 2 is 2.21 bits per heavy atom. The van der Waals surface area contributed by atoms with E-state index in [0.717, 1.165) is 15.2 Å². The highest BCUT2D eigenvalue weighted by Crippen LogP contribution is 2.36. The van der Waals surface area contributed by atoms with Gasteiger partial charge in [0.1, 0.15) is 0 Å². The minimum absolute atomic E-state index is 0.0347. The van der Waals surface area contributed by atoms with Crippen molar-refractivity contribution in [1.82, 2.24) is 4.98 Å². The number of rotatable bonds is 4. The first-order valence-electron chi connectivity index (χ1n) is 6.12. The zero-order valence-corrected chi connectivity index (χ0v) is 12.7. The van der Waals surface area contributed by atoms with E-state index < -0.39 is 11.4 Å². The highest BCUT2D eigenvalue weighted by Gasteiger charge is 2.37. The molecule has 0 aliphatic rings. The predicted molar refractivity (Wildman–Crippen MR) is 78.9 cm³/mol. The molecule has 1 atom stereocenters. The monoisotopic (exact) mass is 297 g/mol. The number of fused-ring (bicyclic) bond motifs is 1. The summed E-state index contributed by atoms with van der Waals surface area (Å²) in [7, 11) is 0. The summed E-state index contributed by atoms with van der Waals surface area (Å²) in [6, 6.07) is 5.58. The van der Waals surface area contributed by atoms with Gasteiger partial charge in [0.15, 0.2) is 0 Å². The summed E-state index contributed by atoms with van der Waals surface area (Å²) >= 11 is 7.60. The van der Waals surface area contributed by atoms with E-state index in [0.29, 0.717) is 11.4 Å². The molecule has 0 saturated heterocycles. The quantitative estimate of drug-likeness (QED) is 0.918. The standard InChI is InChI=1S/C14H16ClNO2S/c1-8(2)14(3,13(17)18)7-11-16-10-6-4-5-9(15)12(10)19-11/h4-6,8H,7H2,1-3H3,(H,17,18). The molecule has 102 valence electrons. The van der Waals surface area contributed by atoms with Crippen molar-refractivity contribution in [1.29, 1.82) is 0 Å². The van der Waals surface area contributed by atoms with Crippen LogP contribution in [0.5, 0.6) is 0 Å². The average molecular weight is 298 g/mol. The molecular weight excluding hydrogens is 282 g/mol. The molecule has 0 radical (unpaired) electrons. The lowest BCUT2D eigenvalue weighted by Crippen LogP contribution is -2.35. The van der Waals surface area contributed by atoms with Crippen LogP contribution in [0.15, 0.2) is 18.2 Å². The number of aromatic nitrogens is 1. The van der Waals surface area contributed by atoms with Gasteiger partial charge in [0.05, 0.1) is 25.7 Å². The summed E-state index contributed by atoms with van der Waals surface area (Å²) in [5.74, 6) is -0.750. The Bertz CT molecular complexity index is 623. The summed E-state index contributed by atoms with van der Waals surface area (Å²) in [5, 5.41) is 10.9. The van der Waals surface area contributed by atoms with E-state index in [1.807, 2.05) is 32.0 Å². The van der Waals surface area contributed by atoms with Crippen LogP contribution in [0.1, 0.15) is 25.8 Å². The Morgan fingerprint density at radius 1 is 1.53 bits per heavy atom. The number of nitrogens with zero attached hydrogens (tertiary/aromatic N) is 1. The van der Waals surface area contributed by atoms with Crippen molar-refractivity contribution in [2.75, 3.05) is 0 Å². The Balaban J connectivity index is 2.40. The van der Waals surface area contributed by atoms with Gasteiger partial charge in [-0.1, -0.05) is 31.5 Å². The molecule has 5 heteroatoms. The molecule has 1 heterocycles. The van der Waals surface area contributed by atoms with Gasteiger partial charge in [-0.3, -0.25) is 4.79 Å². The van der Waals surface area contributed by atoms with E-state index in [-0.39, 0.29) is 5.92 Å². The molecule has 0 spiro atoms. The van der Waals surface area contributed by atoms with Gasteiger partial charge in [0, 0.05) is 6.42 Å². The largest absolute Gasteiger partial charge is 0.481 e. The van der Waals surface area contributed by atoms with Crippen LogP contribution in [0.4, 0.5) is 0 Å². The van der Waals surface area contributed by atoms with Gasteiger partial charge < -0.3 is 5.11 Å². The maximum atomic E-state index is 11.5. The molecule has 3 nitrogen and oxygen atoms in total. The molecule has 1 unspecified atom stereocenters. The number of carboxylic acids is 1. The molecule has 0 bridgehead atoms. The maximum absolute atomic E-state index is 11.5. The number of hydrogen-bond acceptors (Lipinski definition) is 3. The van der Waals surface area contributed by atoms with Crippen molar-refractivity contribution in [3.8, 4) is 0 Å². The van der Waals surface area contributed by atoms with Crippen LogP contribution in [-0.4, -0.2) is 16.1 Å². The molecule has 0 saturated carbocycles. The fraction of sp³-hybridized carbons (Fsp3) is 0.429. The smallest absolute Gasteiger partial charge is 0.310 e. The highest BCUT2D eigenvalue weighted by molar-refractivity contribution is 7.19. The van der Waals surface area contributed by atoms with Crippen LogP contribution in [0.2, 0.25) is 5.02 Å². The zero-order chi connectivity index (χ0) is 14.2. The topological polar surface area (TPSA) is 50.2 Å². The Kier molecular flexibility index (Phi) is 3.83. The first-order chi connectivity index (χ1) is 8.84. The van der Waals surface area contributed by atoms with Gasteiger partial charge in [-0.15, -0.1) is 11.3 Å². The van der Waals surface area contributed by atoms with E-state index in [9.17, 15) is 9.90 Å². The fourth-order valence-corrected chi connectivity index (χ4v) is 3.30. The van der Waals surface area contributed by atoms with Gasteiger partial charge in [-0.05, 0) is 25.0 Å². The minimum Gasteiger partial charge on any atom is -0.481 e. The van der Waals surface area contributed by atoms with Crippen molar-refractivity contribution in [2.45, 2.75) is 27.2 Å². The van der Waals surface area contributed by atoms with Crippen LogP contribution in [0.3, 0.4) is 0 Å². The average Bonchev–Trinajstić information content (AvgIpc) is 2.72. The van der Waals surface area contributed by atoms with Crippen molar-refractivity contribution >= 4 is 39.1 Å². The Labute approximate surface area is 121 Å². The van der Waals surface area contributed by atoms with Gasteiger partial charge in [0.25, 0.3) is 0 Å². The van der Waals surface area contributed by atoms with Crippen LogP contribution in [0, 0.1) is 11.3 Å². The van der Waals surface area contributed by atoms with Crippen molar-refractivity contribution in [3.63, 3.8) is 0 Å². The number of carboxylic acid groups (broad SMARTS) is 1. The molecular formula is C14H16ClNO2S. The minimum atomic E-state index is -0.805. The lowest BCUT2D eigenvalue weighted by molar-refractivity contribution is -0.150. The molecule has 0 amide bonds. The van der Waals surface area contributed by atoms with Crippen LogP contribution in [-0.2, 0) is 11.2 Å². The van der Waals surface area contributed by atoms with Crippen molar-refractivity contribution < 1.29 is 9.90 Å². The van der Waals surface area contributed by atoms with E-state index >= 15 is 0 Å². The number of hydrogen-bond donors (Lipinski definition) is 1. The second kappa shape index (κ2) is 5.10. The maximum Gasteiger partial charge on any atom is 0.310 e. The number of thiazole rings is 1. The van der Waals surface area contributed by atoms with Gasteiger partial charge in [0.2, 0.25) is 0 Å². The molecule has 1 aromatic carbocycles. The number of carbonyl (C=O) groups is 1. The second-order valence-corrected chi connectivity index (χ2v) is 6.74. The van der Waals surface area contributed by atoms with E-state index in [4.69, 9.17) is 11.6 Å². The van der Waals surface area contributed by atoms with Crippen LogP contribution >= 0.6 is 22.9 Å². The second-order valence-electron chi connectivity index (χ2n) is 5.25. The molecule has 0 aliphatic heterocycles. The Morgan fingerprint density at radius 3 is 2.74 bits per heavy atom. The number of aliphatic carboxylic acids is 1. The third-order valence-electron chi connectivity index (χ3n) is 3.69. The summed E-state index contributed by atoms with van der Waals surface area (Å²) in [6.07, 6.45) is 0.426. The molecule has 2 rings (SSSR count). The summed E-state index contributed by atoms with van der Waals surface area (Å²) in [6.45, 7) is 5.62. The predicted octanol–water partition coefficient (Wildman–Crippen LogP) is 4.24. The van der Waals surface area contributed by atoms with Crippen LogP contribution < -0.4 is 0 Å². The van der Waals surface area contributed by atoms with Crippen molar-refractivity contribution in [2.24, 2.45) is 11.3 Å². The lowest BCUT2D eigenvalue weighted by Gasteiger charge is -2.27. The van der Waals surface area contributed by atoms with Gasteiger partial charge in [-0.2, -0.15) is 0 Å². The van der Waals surface area contributed by atoms with Crippen LogP contribution in [0.25, 0.3) is 10.2 Å². The van der Waals surface area contributed by atoms with E-state index in [1.165, 1.54) is 11.3 Å². The summed E-state index contributed by atoms with van der Waals surface area (Å²) in [4.78, 5) is 16.0. The molecule has 2 aromatic rings. The first-order valence-corrected chi connectivity index (χ1v) is 7.31. The van der Waals surface area contributed by atoms with E-state index in [2.05, 4.69) is 4.98 Å².